The van der Waals surface area contributed by atoms with Crippen LogP contribution in [0.3, 0.4) is 0 Å². The number of hydrogen-bond donors (Lipinski definition) is 0. The molecular formula is C13H21N3. The summed E-state index contributed by atoms with van der Waals surface area (Å²) in [6.07, 6.45) is 5.83. The normalized spacial score (nSPS) is 20.2. The highest BCUT2D eigenvalue weighted by molar-refractivity contribution is 5.32. The van der Waals surface area contributed by atoms with Crippen molar-refractivity contribution in [3.05, 3.63) is 23.8 Å². The number of rotatable bonds is 4. The van der Waals surface area contributed by atoms with E-state index in [0.717, 1.165) is 31.8 Å². The average Bonchev–Trinajstić information content (AvgIpc) is 2.35. The predicted molar refractivity (Wildman–Crippen MR) is 67.1 cm³/mol. The Morgan fingerprint density at radius 1 is 1.25 bits per heavy atom. The fraction of sp³-hybridized carbons (Fsp3) is 0.615. The fourth-order valence-electron chi connectivity index (χ4n) is 1.81. The van der Waals surface area contributed by atoms with E-state index in [0.29, 0.717) is 0 Å². The van der Waals surface area contributed by atoms with Gasteiger partial charge in [0.25, 0.3) is 0 Å². The molecular weight excluding hydrogens is 198 g/mol. The molecule has 1 saturated heterocycles. The van der Waals surface area contributed by atoms with Crippen LogP contribution in [-0.4, -0.2) is 49.1 Å². The zero-order chi connectivity index (χ0) is 11.8. The van der Waals surface area contributed by atoms with Gasteiger partial charge in [0.2, 0.25) is 0 Å². The van der Waals surface area contributed by atoms with Crippen LogP contribution in [0.25, 0.3) is 0 Å². The first-order chi connectivity index (χ1) is 7.80. The summed E-state index contributed by atoms with van der Waals surface area (Å²) in [5.41, 5.74) is 0.743. The molecule has 0 aromatic heterocycles. The summed E-state index contributed by atoms with van der Waals surface area (Å²) in [5, 5.41) is 8.74. The van der Waals surface area contributed by atoms with Gasteiger partial charge in [-0.05, 0) is 19.5 Å². The van der Waals surface area contributed by atoms with Crippen LogP contribution < -0.4 is 0 Å². The Bertz CT molecular complexity index is 291. The third-order valence-electron chi connectivity index (χ3n) is 3.01. The molecule has 0 aromatic rings. The average molecular weight is 219 g/mol. The highest BCUT2D eigenvalue weighted by atomic mass is 15.2. The molecule has 0 spiro atoms. The molecule has 0 radical (unpaired) electrons. The molecule has 1 aliphatic rings. The second kappa shape index (κ2) is 7.21. The topological polar surface area (TPSA) is 30.3 Å². The quantitative estimate of drug-likeness (QED) is 0.532. The zero-order valence-corrected chi connectivity index (χ0v) is 10.3. The lowest BCUT2D eigenvalue weighted by Crippen LogP contribution is -2.45. The van der Waals surface area contributed by atoms with Crippen LogP contribution in [0.4, 0.5) is 0 Å². The Morgan fingerprint density at radius 2 is 1.88 bits per heavy atom. The van der Waals surface area contributed by atoms with Crippen molar-refractivity contribution in [1.82, 2.24) is 9.80 Å². The summed E-state index contributed by atoms with van der Waals surface area (Å²) in [6.45, 7) is 10.8. The van der Waals surface area contributed by atoms with E-state index in [-0.39, 0.29) is 0 Å². The first-order valence-electron chi connectivity index (χ1n) is 5.97. The van der Waals surface area contributed by atoms with Crippen molar-refractivity contribution in [2.24, 2.45) is 0 Å². The molecule has 0 bridgehead atoms. The van der Waals surface area contributed by atoms with Crippen molar-refractivity contribution in [3.63, 3.8) is 0 Å². The van der Waals surface area contributed by atoms with Crippen molar-refractivity contribution < 1.29 is 0 Å². The minimum atomic E-state index is 0.743. The summed E-state index contributed by atoms with van der Waals surface area (Å²) < 4.78 is 0. The van der Waals surface area contributed by atoms with Gasteiger partial charge in [0, 0.05) is 38.3 Å². The van der Waals surface area contributed by atoms with Gasteiger partial charge in [-0.25, -0.2) is 0 Å². The molecule has 0 aliphatic carbocycles. The standard InChI is InChI=1S/C13H21N3/c1-3-13(12-14)6-5-7-16-10-8-15(4-2)9-11-16/h3,5-6H,4,7-11H2,1-2H3. The van der Waals surface area contributed by atoms with E-state index in [4.69, 9.17) is 5.26 Å². The number of likely N-dealkylation sites (N-methyl/N-ethyl adjacent to an activating group) is 1. The minimum absolute atomic E-state index is 0.743. The number of nitrogens with zero attached hydrogens (tertiary/aromatic N) is 3. The van der Waals surface area contributed by atoms with E-state index in [1.54, 1.807) is 0 Å². The molecule has 0 N–H and O–H groups in total. The van der Waals surface area contributed by atoms with Crippen molar-refractivity contribution in [2.75, 3.05) is 39.3 Å². The van der Waals surface area contributed by atoms with Gasteiger partial charge in [-0.1, -0.05) is 19.1 Å². The van der Waals surface area contributed by atoms with Gasteiger partial charge < -0.3 is 4.90 Å². The maximum atomic E-state index is 8.74. The summed E-state index contributed by atoms with van der Waals surface area (Å²) >= 11 is 0. The van der Waals surface area contributed by atoms with E-state index in [9.17, 15) is 0 Å². The van der Waals surface area contributed by atoms with Crippen molar-refractivity contribution in [3.8, 4) is 6.07 Å². The molecule has 1 rings (SSSR count). The van der Waals surface area contributed by atoms with Gasteiger partial charge >= 0.3 is 0 Å². The Balaban J connectivity index is 2.27. The fourth-order valence-corrected chi connectivity index (χ4v) is 1.81. The molecule has 0 aromatic carbocycles. The Kier molecular flexibility index (Phi) is 5.84. The predicted octanol–water partition coefficient (Wildman–Crippen LogP) is 1.65. The second-order valence-electron chi connectivity index (χ2n) is 3.99. The Hall–Kier alpha value is -1.11. The Labute approximate surface area is 98.6 Å². The molecule has 0 atom stereocenters. The summed E-state index contributed by atoms with van der Waals surface area (Å²) in [4.78, 5) is 4.89. The SMILES string of the molecule is CC=C(C#N)C=CCN1CCN(CC)CC1. The first-order valence-corrected chi connectivity index (χ1v) is 5.97. The van der Waals surface area contributed by atoms with Crippen LogP contribution in [0.2, 0.25) is 0 Å². The van der Waals surface area contributed by atoms with E-state index in [1.165, 1.54) is 13.1 Å². The molecule has 16 heavy (non-hydrogen) atoms. The van der Waals surface area contributed by atoms with Crippen LogP contribution in [0.15, 0.2) is 23.8 Å². The highest BCUT2D eigenvalue weighted by Gasteiger charge is 2.13. The molecule has 88 valence electrons. The zero-order valence-electron chi connectivity index (χ0n) is 10.3. The van der Waals surface area contributed by atoms with Gasteiger partial charge in [-0.2, -0.15) is 5.26 Å². The van der Waals surface area contributed by atoms with Gasteiger partial charge in [0.05, 0.1) is 6.07 Å². The number of piperazine rings is 1. The van der Waals surface area contributed by atoms with Crippen molar-refractivity contribution in [1.29, 1.82) is 5.26 Å². The van der Waals surface area contributed by atoms with Crippen LogP contribution >= 0.6 is 0 Å². The van der Waals surface area contributed by atoms with Crippen LogP contribution in [0, 0.1) is 11.3 Å². The van der Waals surface area contributed by atoms with Crippen molar-refractivity contribution >= 4 is 0 Å². The lowest BCUT2D eigenvalue weighted by Gasteiger charge is -2.33. The lowest BCUT2D eigenvalue weighted by molar-refractivity contribution is 0.148. The number of nitriles is 1. The van der Waals surface area contributed by atoms with Crippen LogP contribution in [-0.2, 0) is 0 Å². The van der Waals surface area contributed by atoms with E-state index in [2.05, 4.69) is 28.9 Å². The highest BCUT2D eigenvalue weighted by Crippen LogP contribution is 2.01. The molecule has 1 fully saturated rings. The van der Waals surface area contributed by atoms with Gasteiger partial charge in [0.1, 0.15) is 0 Å². The van der Waals surface area contributed by atoms with E-state index >= 15 is 0 Å². The molecule has 1 aliphatic heterocycles. The molecule has 0 unspecified atom stereocenters. The van der Waals surface area contributed by atoms with Gasteiger partial charge in [-0.15, -0.1) is 0 Å². The van der Waals surface area contributed by atoms with Crippen LogP contribution in [0.1, 0.15) is 13.8 Å². The third kappa shape index (κ3) is 4.18. The molecule has 1 heterocycles. The summed E-state index contributed by atoms with van der Waals surface area (Å²) in [7, 11) is 0. The van der Waals surface area contributed by atoms with Crippen LogP contribution in [0.5, 0.6) is 0 Å². The molecule has 3 nitrogen and oxygen atoms in total. The van der Waals surface area contributed by atoms with Gasteiger partial charge in [-0.3, -0.25) is 4.90 Å². The smallest absolute Gasteiger partial charge is 0.0987 e. The van der Waals surface area contributed by atoms with Crippen molar-refractivity contribution in [2.45, 2.75) is 13.8 Å². The maximum absolute atomic E-state index is 8.74. The minimum Gasteiger partial charge on any atom is -0.301 e. The molecule has 3 heteroatoms. The molecule has 0 amide bonds. The second-order valence-corrected chi connectivity index (χ2v) is 3.99. The maximum Gasteiger partial charge on any atom is 0.0987 e. The summed E-state index contributed by atoms with van der Waals surface area (Å²) in [5.74, 6) is 0. The largest absolute Gasteiger partial charge is 0.301 e. The first kappa shape index (κ1) is 13.0. The molecule has 0 saturated carbocycles. The number of hydrogen-bond acceptors (Lipinski definition) is 3. The Morgan fingerprint density at radius 3 is 2.38 bits per heavy atom. The van der Waals surface area contributed by atoms with Gasteiger partial charge in [0.15, 0.2) is 0 Å². The lowest BCUT2D eigenvalue weighted by atomic mass is 10.2. The third-order valence-corrected chi connectivity index (χ3v) is 3.01. The summed E-state index contributed by atoms with van der Waals surface area (Å²) in [6, 6.07) is 2.15. The number of allylic oxidation sites excluding steroid dienone is 3. The van der Waals surface area contributed by atoms with E-state index in [1.807, 2.05) is 19.1 Å². The monoisotopic (exact) mass is 219 g/mol. The van der Waals surface area contributed by atoms with E-state index < -0.39 is 0 Å².